The molecule has 0 aliphatic heterocycles. The summed E-state index contributed by atoms with van der Waals surface area (Å²) in [5.74, 6) is 0.283. The predicted molar refractivity (Wildman–Crippen MR) is 75.7 cm³/mol. The van der Waals surface area contributed by atoms with Crippen molar-refractivity contribution in [3.63, 3.8) is 0 Å². The molecule has 1 atom stereocenters. The van der Waals surface area contributed by atoms with Crippen molar-refractivity contribution < 1.29 is 0 Å². The van der Waals surface area contributed by atoms with Gasteiger partial charge in [0.05, 0.1) is 5.84 Å². The fourth-order valence-electron chi connectivity index (χ4n) is 2.57. The number of nitrogens with two attached hydrogens (primary N) is 1. The highest BCUT2D eigenvalue weighted by Gasteiger charge is 2.34. The molecule has 3 N–H and O–H groups in total. The van der Waals surface area contributed by atoms with Crippen molar-refractivity contribution in [3.05, 3.63) is 35.9 Å². The normalized spacial score (nSPS) is 16.8. The first kappa shape index (κ1) is 13.1. The SMILES string of the molecule is CCCN(C1CC1)C(CC(=N)N)c1ccccc1. The molecule has 3 nitrogen and oxygen atoms in total. The van der Waals surface area contributed by atoms with Crippen LogP contribution in [0.1, 0.15) is 44.2 Å². The highest BCUT2D eigenvalue weighted by atomic mass is 15.2. The predicted octanol–water partition coefficient (Wildman–Crippen LogP) is 2.93. The molecule has 1 aromatic rings. The second kappa shape index (κ2) is 6.01. The van der Waals surface area contributed by atoms with Gasteiger partial charge in [-0.25, -0.2) is 0 Å². The minimum absolute atomic E-state index is 0.274. The van der Waals surface area contributed by atoms with E-state index in [1.54, 1.807) is 0 Å². The summed E-state index contributed by atoms with van der Waals surface area (Å²) in [5.41, 5.74) is 6.93. The molecule has 0 spiro atoms. The summed E-state index contributed by atoms with van der Waals surface area (Å²) in [4.78, 5) is 2.54. The molecular formula is C15H23N3. The Balaban J connectivity index is 2.20. The molecule has 3 heteroatoms. The standard InChI is InChI=1S/C15H23N3/c1-2-10-18(13-8-9-13)14(11-15(16)17)12-6-4-3-5-7-12/h3-7,13-14H,2,8-11H2,1H3,(H3,16,17). The molecule has 1 aliphatic rings. The summed E-state index contributed by atoms with van der Waals surface area (Å²) in [6.45, 7) is 3.31. The second-order valence-corrected chi connectivity index (χ2v) is 5.12. The van der Waals surface area contributed by atoms with Crippen molar-refractivity contribution in [1.82, 2.24) is 4.90 Å². The number of amidine groups is 1. The van der Waals surface area contributed by atoms with Crippen LogP contribution in [-0.2, 0) is 0 Å². The first-order valence-corrected chi connectivity index (χ1v) is 6.86. The highest BCUT2D eigenvalue weighted by molar-refractivity contribution is 5.77. The molecular weight excluding hydrogens is 222 g/mol. The third kappa shape index (κ3) is 3.33. The van der Waals surface area contributed by atoms with Gasteiger partial charge in [0, 0.05) is 18.5 Å². The third-order valence-electron chi connectivity index (χ3n) is 3.50. The summed E-state index contributed by atoms with van der Waals surface area (Å²) in [5, 5.41) is 7.61. The van der Waals surface area contributed by atoms with Crippen molar-refractivity contribution in [2.24, 2.45) is 5.73 Å². The summed E-state index contributed by atoms with van der Waals surface area (Å²) >= 11 is 0. The largest absolute Gasteiger partial charge is 0.388 e. The summed E-state index contributed by atoms with van der Waals surface area (Å²) in [6, 6.07) is 11.5. The van der Waals surface area contributed by atoms with Gasteiger partial charge in [0.25, 0.3) is 0 Å². The van der Waals surface area contributed by atoms with E-state index in [-0.39, 0.29) is 11.9 Å². The van der Waals surface area contributed by atoms with Crippen molar-refractivity contribution in [2.45, 2.75) is 44.7 Å². The molecule has 0 heterocycles. The fourth-order valence-corrected chi connectivity index (χ4v) is 2.57. The Labute approximate surface area is 109 Å². The van der Waals surface area contributed by atoms with Gasteiger partial charge in [0.15, 0.2) is 0 Å². The van der Waals surface area contributed by atoms with Crippen LogP contribution < -0.4 is 5.73 Å². The maximum atomic E-state index is 7.61. The Morgan fingerprint density at radius 1 is 1.39 bits per heavy atom. The monoisotopic (exact) mass is 245 g/mol. The number of nitrogens with zero attached hydrogens (tertiary/aromatic N) is 1. The fraction of sp³-hybridized carbons (Fsp3) is 0.533. The first-order valence-electron chi connectivity index (χ1n) is 6.86. The molecule has 1 unspecified atom stereocenters. The number of hydrogen-bond donors (Lipinski definition) is 2. The van der Waals surface area contributed by atoms with Crippen molar-refractivity contribution in [3.8, 4) is 0 Å². The van der Waals surface area contributed by atoms with Crippen LogP contribution in [-0.4, -0.2) is 23.3 Å². The lowest BCUT2D eigenvalue weighted by Gasteiger charge is -2.31. The number of benzene rings is 1. The van der Waals surface area contributed by atoms with Crippen LogP contribution in [0.5, 0.6) is 0 Å². The lowest BCUT2D eigenvalue weighted by molar-refractivity contribution is 0.191. The van der Waals surface area contributed by atoms with Gasteiger partial charge in [-0.1, -0.05) is 37.3 Å². The smallest absolute Gasteiger partial charge is 0.0924 e. The van der Waals surface area contributed by atoms with Gasteiger partial charge in [0.2, 0.25) is 0 Å². The Hall–Kier alpha value is -1.35. The van der Waals surface area contributed by atoms with Crippen molar-refractivity contribution in [1.29, 1.82) is 5.41 Å². The highest BCUT2D eigenvalue weighted by Crippen LogP contribution is 2.36. The van der Waals surface area contributed by atoms with E-state index >= 15 is 0 Å². The maximum Gasteiger partial charge on any atom is 0.0924 e. The van der Waals surface area contributed by atoms with E-state index in [1.807, 2.05) is 6.07 Å². The summed E-state index contributed by atoms with van der Waals surface area (Å²) < 4.78 is 0. The average molecular weight is 245 g/mol. The van der Waals surface area contributed by atoms with Crippen LogP contribution in [0.2, 0.25) is 0 Å². The second-order valence-electron chi connectivity index (χ2n) is 5.12. The molecule has 1 aliphatic carbocycles. The zero-order valence-electron chi connectivity index (χ0n) is 11.1. The molecule has 0 amide bonds. The molecule has 1 saturated carbocycles. The topological polar surface area (TPSA) is 53.1 Å². The van der Waals surface area contributed by atoms with E-state index < -0.39 is 0 Å². The minimum Gasteiger partial charge on any atom is -0.388 e. The molecule has 98 valence electrons. The number of rotatable bonds is 7. The lowest BCUT2D eigenvalue weighted by Crippen LogP contribution is -2.34. The quantitative estimate of drug-likeness (QED) is 0.573. The van der Waals surface area contributed by atoms with Crippen molar-refractivity contribution >= 4 is 5.84 Å². The van der Waals surface area contributed by atoms with Crippen LogP contribution in [0.4, 0.5) is 0 Å². The van der Waals surface area contributed by atoms with Crippen LogP contribution >= 0.6 is 0 Å². The average Bonchev–Trinajstić information content (AvgIpc) is 3.18. The molecule has 18 heavy (non-hydrogen) atoms. The van der Waals surface area contributed by atoms with Crippen LogP contribution in [0.25, 0.3) is 0 Å². The van der Waals surface area contributed by atoms with Gasteiger partial charge in [-0.15, -0.1) is 0 Å². The third-order valence-corrected chi connectivity index (χ3v) is 3.50. The molecule has 0 saturated heterocycles. The van der Waals surface area contributed by atoms with Gasteiger partial charge in [-0.3, -0.25) is 10.3 Å². The Kier molecular flexibility index (Phi) is 4.37. The zero-order chi connectivity index (χ0) is 13.0. The van der Waals surface area contributed by atoms with E-state index in [4.69, 9.17) is 11.1 Å². The Morgan fingerprint density at radius 3 is 2.56 bits per heavy atom. The molecule has 1 fully saturated rings. The Bertz CT molecular complexity index is 384. The van der Waals surface area contributed by atoms with E-state index in [2.05, 4.69) is 36.1 Å². The van der Waals surface area contributed by atoms with Crippen LogP contribution in [0.3, 0.4) is 0 Å². The maximum absolute atomic E-state index is 7.61. The molecule has 0 bridgehead atoms. The molecule has 1 aromatic carbocycles. The van der Waals surface area contributed by atoms with E-state index in [1.165, 1.54) is 18.4 Å². The van der Waals surface area contributed by atoms with Gasteiger partial charge >= 0.3 is 0 Å². The van der Waals surface area contributed by atoms with Crippen LogP contribution in [0.15, 0.2) is 30.3 Å². The molecule has 0 aromatic heterocycles. The van der Waals surface area contributed by atoms with Crippen molar-refractivity contribution in [2.75, 3.05) is 6.54 Å². The van der Waals surface area contributed by atoms with E-state index in [0.29, 0.717) is 12.5 Å². The molecule has 0 radical (unpaired) electrons. The number of nitrogens with one attached hydrogen (secondary N) is 1. The number of hydrogen-bond acceptors (Lipinski definition) is 2. The van der Waals surface area contributed by atoms with E-state index in [0.717, 1.165) is 13.0 Å². The molecule has 2 rings (SSSR count). The first-order chi connectivity index (χ1) is 8.72. The van der Waals surface area contributed by atoms with Gasteiger partial charge in [0.1, 0.15) is 0 Å². The van der Waals surface area contributed by atoms with Gasteiger partial charge in [-0.2, -0.15) is 0 Å². The summed E-state index contributed by atoms with van der Waals surface area (Å²) in [6.07, 6.45) is 4.38. The van der Waals surface area contributed by atoms with Crippen LogP contribution in [0, 0.1) is 5.41 Å². The zero-order valence-corrected chi connectivity index (χ0v) is 11.1. The van der Waals surface area contributed by atoms with Gasteiger partial charge in [-0.05, 0) is 31.4 Å². The lowest BCUT2D eigenvalue weighted by atomic mass is 10.0. The Morgan fingerprint density at radius 2 is 2.06 bits per heavy atom. The van der Waals surface area contributed by atoms with E-state index in [9.17, 15) is 0 Å². The van der Waals surface area contributed by atoms with Gasteiger partial charge < -0.3 is 5.73 Å². The summed E-state index contributed by atoms with van der Waals surface area (Å²) in [7, 11) is 0. The minimum atomic E-state index is 0.274.